The monoisotopic (exact) mass is 281 g/mol. The molecule has 8 heteroatoms. The maximum absolute atomic E-state index is 11.5. The van der Waals surface area contributed by atoms with E-state index in [4.69, 9.17) is 16.3 Å². The number of esters is 1. The summed E-state index contributed by atoms with van der Waals surface area (Å²) in [6.45, 7) is 1.32. The lowest BCUT2D eigenvalue weighted by Crippen LogP contribution is -2.24. The molecule has 1 saturated heterocycles. The highest BCUT2D eigenvalue weighted by molar-refractivity contribution is 6.33. The Bertz CT molecular complexity index is 629. The summed E-state index contributed by atoms with van der Waals surface area (Å²) in [5.74, 6) is 0.361. The number of rotatable bonds is 2. The van der Waals surface area contributed by atoms with Gasteiger partial charge in [-0.2, -0.15) is 4.98 Å². The lowest BCUT2D eigenvalue weighted by atomic mass is 10.1. The summed E-state index contributed by atoms with van der Waals surface area (Å²) in [7, 11) is 1.40. The Hall–Kier alpha value is -1.89. The van der Waals surface area contributed by atoms with Crippen molar-refractivity contribution in [2.24, 2.45) is 5.92 Å². The lowest BCUT2D eigenvalue weighted by Gasteiger charge is -2.13. The van der Waals surface area contributed by atoms with Crippen LogP contribution >= 0.6 is 11.6 Å². The minimum Gasteiger partial charge on any atom is -0.469 e. The molecule has 1 fully saturated rings. The maximum Gasteiger partial charge on any atom is 0.310 e. The number of imidazole rings is 1. The van der Waals surface area contributed by atoms with Crippen LogP contribution in [0, 0.1) is 5.92 Å². The molecule has 0 spiro atoms. The van der Waals surface area contributed by atoms with E-state index in [0.717, 1.165) is 13.0 Å². The minimum atomic E-state index is -0.184. The van der Waals surface area contributed by atoms with Crippen LogP contribution in [-0.2, 0) is 9.53 Å². The summed E-state index contributed by atoms with van der Waals surface area (Å²) in [5.41, 5.74) is 1.14. The van der Waals surface area contributed by atoms with Crippen LogP contribution in [0.15, 0.2) is 6.33 Å². The SMILES string of the molecule is COC(=O)C1CCN(c2nc3ncnc(Cl)c3[nH]2)C1. The largest absolute Gasteiger partial charge is 0.469 e. The molecule has 1 aliphatic rings. The van der Waals surface area contributed by atoms with Crippen molar-refractivity contribution in [2.75, 3.05) is 25.1 Å². The van der Waals surface area contributed by atoms with Crippen molar-refractivity contribution >= 4 is 34.7 Å². The number of anilines is 1. The van der Waals surface area contributed by atoms with Gasteiger partial charge in [-0.05, 0) is 6.42 Å². The molecule has 2 aromatic rings. The molecule has 0 radical (unpaired) electrons. The number of H-pyrrole nitrogens is 1. The number of fused-ring (bicyclic) bond motifs is 1. The number of aromatic amines is 1. The fraction of sp³-hybridized carbons (Fsp3) is 0.455. The van der Waals surface area contributed by atoms with Crippen LogP contribution in [0.4, 0.5) is 5.95 Å². The molecule has 3 heterocycles. The number of halogens is 1. The van der Waals surface area contributed by atoms with Gasteiger partial charge < -0.3 is 14.6 Å². The van der Waals surface area contributed by atoms with E-state index in [9.17, 15) is 4.79 Å². The highest BCUT2D eigenvalue weighted by Crippen LogP contribution is 2.25. The van der Waals surface area contributed by atoms with Gasteiger partial charge in [-0.25, -0.2) is 9.97 Å². The predicted molar refractivity (Wildman–Crippen MR) is 69.0 cm³/mol. The van der Waals surface area contributed by atoms with Gasteiger partial charge in [-0.1, -0.05) is 11.6 Å². The summed E-state index contributed by atoms with van der Waals surface area (Å²) in [6.07, 6.45) is 2.12. The van der Waals surface area contributed by atoms with E-state index in [0.29, 0.717) is 28.8 Å². The maximum atomic E-state index is 11.5. The molecule has 0 aliphatic carbocycles. The highest BCUT2D eigenvalue weighted by Gasteiger charge is 2.30. The second kappa shape index (κ2) is 4.65. The third kappa shape index (κ3) is 2.10. The Morgan fingerprint density at radius 3 is 3.16 bits per heavy atom. The first-order valence-corrected chi connectivity index (χ1v) is 6.26. The van der Waals surface area contributed by atoms with Crippen LogP contribution in [-0.4, -0.2) is 46.1 Å². The Morgan fingerprint density at radius 2 is 2.42 bits per heavy atom. The van der Waals surface area contributed by atoms with E-state index < -0.39 is 0 Å². The molecule has 2 aromatic heterocycles. The number of aromatic nitrogens is 4. The number of nitrogens with zero attached hydrogens (tertiary/aromatic N) is 4. The van der Waals surface area contributed by atoms with Gasteiger partial charge in [0.1, 0.15) is 11.8 Å². The first-order chi connectivity index (χ1) is 9.19. The van der Waals surface area contributed by atoms with Crippen molar-refractivity contribution in [3.05, 3.63) is 11.5 Å². The summed E-state index contributed by atoms with van der Waals surface area (Å²) in [5, 5.41) is 0.340. The third-order valence-corrected chi connectivity index (χ3v) is 3.54. The molecule has 1 unspecified atom stereocenters. The quantitative estimate of drug-likeness (QED) is 0.653. The van der Waals surface area contributed by atoms with Crippen molar-refractivity contribution in [1.29, 1.82) is 0 Å². The number of nitrogens with one attached hydrogen (secondary N) is 1. The van der Waals surface area contributed by atoms with Gasteiger partial charge in [0.05, 0.1) is 13.0 Å². The number of ether oxygens (including phenoxy) is 1. The van der Waals surface area contributed by atoms with Crippen molar-refractivity contribution in [3.63, 3.8) is 0 Å². The minimum absolute atomic E-state index is 0.111. The first kappa shape index (κ1) is 12.2. The fourth-order valence-electron chi connectivity index (χ4n) is 2.25. The van der Waals surface area contributed by atoms with Crippen LogP contribution in [0.25, 0.3) is 11.2 Å². The zero-order chi connectivity index (χ0) is 13.4. The second-order valence-corrected chi connectivity index (χ2v) is 4.74. The van der Waals surface area contributed by atoms with Gasteiger partial charge in [0, 0.05) is 13.1 Å². The average molecular weight is 282 g/mol. The number of hydrogen-bond acceptors (Lipinski definition) is 6. The molecule has 0 amide bonds. The molecule has 19 heavy (non-hydrogen) atoms. The standard InChI is InChI=1S/C11H12ClN5O2/c1-19-10(18)6-2-3-17(4-6)11-15-7-8(12)13-5-14-9(7)16-11/h5-6H,2-4H2,1H3,(H,13,14,15,16). The van der Waals surface area contributed by atoms with Gasteiger partial charge in [0.15, 0.2) is 10.8 Å². The van der Waals surface area contributed by atoms with Crippen molar-refractivity contribution < 1.29 is 9.53 Å². The molecule has 1 aliphatic heterocycles. The van der Waals surface area contributed by atoms with Gasteiger partial charge in [-0.15, -0.1) is 0 Å². The molecular weight excluding hydrogens is 270 g/mol. The fourth-order valence-corrected chi connectivity index (χ4v) is 2.42. The molecular formula is C11H12ClN5O2. The van der Waals surface area contributed by atoms with E-state index in [1.54, 1.807) is 0 Å². The predicted octanol–water partition coefficient (Wildman–Crippen LogP) is 1.01. The molecule has 7 nitrogen and oxygen atoms in total. The van der Waals surface area contributed by atoms with E-state index in [2.05, 4.69) is 19.9 Å². The van der Waals surface area contributed by atoms with Gasteiger partial charge in [-0.3, -0.25) is 4.79 Å². The van der Waals surface area contributed by atoms with Crippen LogP contribution in [0.3, 0.4) is 0 Å². The Labute approximate surface area is 114 Å². The average Bonchev–Trinajstić information content (AvgIpc) is 3.04. The number of carbonyl (C=O) groups excluding carboxylic acids is 1. The topological polar surface area (TPSA) is 84.0 Å². The lowest BCUT2D eigenvalue weighted by molar-refractivity contribution is -0.144. The van der Waals surface area contributed by atoms with E-state index >= 15 is 0 Å². The molecule has 3 rings (SSSR count). The van der Waals surface area contributed by atoms with E-state index in [1.807, 2.05) is 4.90 Å². The van der Waals surface area contributed by atoms with Crippen LogP contribution in [0.2, 0.25) is 5.15 Å². The summed E-state index contributed by atoms with van der Waals surface area (Å²) in [6, 6.07) is 0. The van der Waals surface area contributed by atoms with Gasteiger partial charge >= 0.3 is 5.97 Å². The highest BCUT2D eigenvalue weighted by atomic mass is 35.5. The molecule has 0 bridgehead atoms. The van der Waals surface area contributed by atoms with E-state index in [1.165, 1.54) is 13.4 Å². The molecule has 1 atom stereocenters. The molecule has 0 saturated carbocycles. The number of hydrogen-bond donors (Lipinski definition) is 1. The molecule has 100 valence electrons. The summed E-state index contributed by atoms with van der Waals surface area (Å²) < 4.78 is 4.76. The van der Waals surface area contributed by atoms with Crippen molar-refractivity contribution in [2.45, 2.75) is 6.42 Å². The zero-order valence-electron chi connectivity index (χ0n) is 10.3. The van der Waals surface area contributed by atoms with E-state index in [-0.39, 0.29) is 11.9 Å². The van der Waals surface area contributed by atoms with Crippen LogP contribution in [0.1, 0.15) is 6.42 Å². The summed E-state index contributed by atoms with van der Waals surface area (Å²) >= 11 is 5.96. The van der Waals surface area contributed by atoms with Gasteiger partial charge in [0.2, 0.25) is 5.95 Å². The summed E-state index contributed by atoms with van der Waals surface area (Å²) in [4.78, 5) is 28.9. The zero-order valence-corrected chi connectivity index (χ0v) is 11.0. The number of carbonyl (C=O) groups is 1. The smallest absolute Gasteiger partial charge is 0.310 e. The number of methoxy groups -OCH3 is 1. The first-order valence-electron chi connectivity index (χ1n) is 5.88. The second-order valence-electron chi connectivity index (χ2n) is 4.38. The van der Waals surface area contributed by atoms with Crippen LogP contribution in [0.5, 0.6) is 0 Å². The molecule has 0 aromatic carbocycles. The molecule has 1 N–H and O–H groups in total. The van der Waals surface area contributed by atoms with Gasteiger partial charge in [0.25, 0.3) is 0 Å². The normalized spacial score (nSPS) is 19.1. The van der Waals surface area contributed by atoms with Crippen LogP contribution < -0.4 is 4.90 Å². The Balaban J connectivity index is 1.86. The van der Waals surface area contributed by atoms with Crippen molar-refractivity contribution in [1.82, 2.24) is 19.9 Å². The Morgan fingerprint density at radius 1 is 1.58 bits per heavy atom. The third-order valence-electron chi connectivity index (χ3n) is 3.25. The Kier molecular flexibility index (Phi) is 2.98. The van der Waals surface area contributed by atoms with Crippen molar-refractivity contribution in [3.8, 4) is 0 Å².